The van der Waals surface area contributed by atoms with Gasteiger partial charge in [-0.2, -0.15) is 0 Å². The molecule has 0 unspecified atom stereocenters. The summed E-state index contributed by atoms with van der Waals surface area (Å²) in [6, 6.07) is 10.3. The van der Waals surface area contributed by atoms with Gasteiger partial charge in [-0.1, -0.05) is 32.0 Å². The van der Waals surface area contributed by atoms with Gasteiger partial charge in [0.2, 0.25) is 0 Å². The van der Waals surface area contributed by atoms with Crippen molar-refractivity contribution >= 4 is 5.69 Å². The standard InChI is InChI=1S/C14H21N/c1-4-12-10-13(5-2)15(12)14-9-7-6-8-11(14)3/h6-9,12-13H,4-5,10H2,1-3H3/t12-,13-/m1/s1. The quantitative estimate of drug-likeness (QED) is 0.723. The Labute approximate surface area is 93.1 Å². The van der Waals surface area contributed by atoms with E-state index in [0.717, 1.165) is 12.1 Å². The van der Waals surface area contributed by atoms with Crippen LogP contribution in [0.25, 0.3) is 0 Å². The molecule has 0 amide bonds. The first-order valence-corrected chi connectivity index (χ1v) is 6.11. The SMILES string of the molecule is CC[C@@H]1C[C@@H](CC)N1c1ccccc1C. The van der Waals surface area contributed by atoms with Gasteiger partial charge in [0.15, 0.2) is 0 Å². The van der Waals surface area contributed by atoms with Gasteiger partial charge in [-0.05, 0) is 37.8 Å². The van der Waals surface area contributed by atoms with Crippen molar-refractivity contribution in [2.24, 2.45) is 0 Å². The lowest BCUT2D eigenvalue weighted by atomic mass is 9.87. The Kier molecular flexibility index (Phi) is 2.99. The molecule has 1 heterocycles. The molecule has 0 aromatic heterocycles. The minimum Gasteiger partial charge on any atom is -0.365 e. The van der Waals surface area contributed by atoms with Crippen molar-refractivity contribution in [2.45, 2.75) is 52.1 Å². The molecule has 0 radical (unpaired) electrons. The van der Waals surface area contributed by atoms with Crippen LogP contribution in [0.4, 0.5) is 5.69 Å². The molecule has 1 aromatic carbocycles. The van der Waals surface area contributed by atoms with Gasteiger partial charge in [-0.3, -0.25) is 0 Å². The second-order valence-electron chi connectivity index (χ2n) is 4.55. The number of nitrogens with zero attached hydrogens (tertiary/aromatic N) is 1. The summed E-state index contributed by atoms with van der Waals surface area (Å²) in [7, 11) is 0. The first-order valence-electron chi connectivity index (χ1n) is 6.11. The van der Waals surface area contributed by atoms with E-state index in [9.17, 15) is 0 Å². The minimum absolute atomic E-state index is 0.774. The van der Waals surface area contributed by atoms with E-state index in [4.69, 9.17) is 0 Å². The molecule has 0 N–H and O–H groups in total. The fourth-order valence-corrected chi connectivity index (χ4v) is 2.67. The predicted octanol–water partition coefficient (Wildman–Crippen LogP) is 3.76. The van der Waals surface area contributed by atoms with Gasteiger partial charge in [0, 0.05) is 17.8 Å². The Hall–Kier alpha value is -0.980. The number of rotatable bonds is 3. The van der Waals surface area contributed by atoms with Gasteiger partial charge in [0.05, 0.1) is 0 Å². The number of benzene rings is 1. The highest BCUT2D eigenvalue weighted by Crippen LogP contribution is 2.37. The van der Waals surface area contributed by atoms with Gasteiger partial charge in [-0.25, -0.2) is 0 Å². The Morgan fingerprint density at radius 3 is 2.27 bits per heavy atom. The topological polar surface area (TPSA) is 3.24 Å². The summed E-state index contributed by atoms with van der Waals surface area (Å²) in [5, 5.41) is 0. The molecule has 1 fully saturated rings. The van der Waals surface area contributed by atoms with Crippen LogP contribution in [0, 0.1) is 6.92 Å². The van der Waals surface area contributed by atoms with E-state index in [1.54, 1.807) is 0 Å². The predicted molar refractivity (Wildman–Crippen MR) is 66.4 cm³/mol. The molecule has 0 bridgehead atoms. The first kappa shape index (κ1) is 10.5. The van der Waals surface area contributed by atoms with E-state index in [1.165, 1.54) is 30.5 Å². The Morgan fingerprint density at radius 1 is 1.13 bits per heavy atom. The molecule has 0 saturated carbocycles. The highest BCUT2D eigenvalue weighted by atomic mass is 15.3. The molecule has 0 aliphatic carbocycles. The third kappa shape index (κ3) is 1.75. The summed E-state index contributed by atoms with van der Waals surface area (Å²) in [4.78, 5) is 2.62. The van der Waals surface area contributed by atoms with Crippen LogP contribution in [0.1, 0.15) is 38.7 Å². The average Bonchev–Trinajstić information content (AvgIpc) is 2.21. The maximum atomic E-state index is 2.62. The summed E-state index contributed by atoms with van der Waals surface area (Å²) in [5.74, 6) is 0. The molecule has 1 nitrogen and oxygen atoms in total. The second-order valence-corrected chi connectivity index (χ2v) is 4.55. The van der Waals surface area contributed by atoms with E-state index < -0.39 is 0 Å². The summed E-state index contributed by atoms with van der Waals surface area (Å²) < 4.78 is 0. The molecule has 2 rings (SSSR count). The zero-order valence-corrected chi connectivity index (χ0v) is 10.0. The molecule has 2 atom stereocenters. The minimum atomic E-state index is 0.774. The van der Waals surface area contributed by atoms with Gasteiger partial charge in [0.1, 0.15) is 0 Å². The molecule has 1 saturated heterocycles. The van der Waals surface area contributed by atoms with E-state index in [1.807, 2.05) is 0 Å². The van der Waals surface area contributed by atoms with Crippen molar-refractivity contribution in [1.82, 2.24) is 0 Å². The number of hydrogen-bond donors (Lipinski definition) is 0. The average molecular weight is 203 g/mol. The molecule has 82 valence electrons. The Balaban J connectivity index is 2.24. The number of aryl methyl sites for hydroxylation is 1. The third-order valence-corrected chi connectivity index (χ3v) is 3.67. The maximum Gasteiger partial charge on any atom is 0.0400 e. The van der Waals surface area contributed by atoms with E-state index in [2.05, 4.69) is 49.9 Å². The molecule has 15 heavy (non-hydrogen) atoms. The van der Waals surface area contributed by atoms with Gasteiger partial charge >= 0.3 is 0 Å². The molecule has 1 aromatic rings. The normalized spacial score (nSPS) is 25.1. The van der Waals surface area contributed by atoms with Crippen LogP contribution in [0.3, 0.4) is 0 Å². The molecular formula is C14H21N. The van der Waals surface area contributed by atoms with Crippen LogP contribution in [0.15, 0.2) is 24.3 Å². The summed E-state index contributed by atoms with van der Waals surface area (Å²) in [6.07, 6.45) is 3.91. The van der Waals surface area contributed by atoms with Gasteiger partial charge in [0.25, 0.3) is 0 Å². The summed E-state index contributed by atoms with van der Waals surface area (Å²) in [6.45, 7) is 6.80. The Bertz CT molecular complexity index is 322. The van der Waals surface area contributed by atoms with Crippen LogP contribution in [0.5, 0.6) is 0 Å². The van der Waals surface area contributed by atoms with Crippen molar-refractivity contribution < 1.29 is 0 Å². The monoisotopic (exact) mass is 203 g/mol. The maximum absolute atomic E-state index is 2.62. The largest absolute Gasteiger partial charge is 0.365 e. The number of hydrogen-bond acceptors (Lipinski definition) is 1. The third-order valence-electron chi connectivity index (χ3n) is 3.67. The van der Waals surface area contributed by atoms with E-state index >= 15 is 0 Å². The first-order chi connectivity index (χ1) is 7.27. The fourth-order valence-electron chi connectivity index (χ4n) is 2.67. The zero-order chi connectivity index (χ0) is 10.8. The van der Waals surface area contributed by atoms with Crippen molar-refractivity contribution in [3.63, 3.8) is 0 Å². The summed E-state index contributed by atoms with van der Waals surface area (Å²) >= 11 is 0. The molecule has 1 heteroatoms. The van der Waals surface area contributed by atoms with Crippen LogP contribution in [0.2, 0.25) is 0 Å². The zero-order valence-electron chi connectivity index (χ0n) is 10.0. The van der Waals surface area contributed by atoms with Crippen LogP contribution >= 0.6 is 0 Å². The van der Waals surface area contributed by atoms with E-state index in [0.29, 0.717) is 0 Å². The second kappa shape index (κ2) is 4.26. The van der Waals surface area contributed by atoms with Gasteiger partial charge < -0.3 is 4.90 Å². The lowest BCUT2D eigenvalue weighted by molar-refractivity contribution is 0.322. The van der Waals surface area contributed by atoms with Crippen molar-refractivity contribution in [1.29, 1.82) is 0 Å². The molecular weight excluding hydrogens is 182 g/mol. The molecule has 1 aliphatic heterocycles. The van der Waals surface area contributed by atoms with E-state index in [-0.39, 0.29) is 0 Å². The highest BCUT2D eigenvalue weighted by Gasteiger charge is 2.36. The summed E-state index contributed by atoms with van der Waals surface area (Å²) in [5.41, 5.74) is 2.86. The van der Waals surface area contributed by atoms with Crippen molar-refractivity contribution in [2.75, 3.05) is 4.90 Å². The van der Waals surface area contributed by atoms with Crippen LogP contribution in [-0.2, 0) is 0 Å². The van der Waals surface area contributed by atoms with Crippen LogP contribution in [-0.4, -0.2) is 12.1 Å². The van der Waals surface area contributed by atoms with Crippen molar-refractivity contribution in [3.05, 3.63) is 29.8 Å². The lowest BCUT2D eigenvalue weighted by Gasteiger charge is -2.51. The van der Waals surface area contributed by atoms with Crippen LogP contribution < -0.4 is 4.90 Å². The fraction of sp³-hybridized carbons (Fsp3) is 0.571. The molecule has 0 spiro atoms. The smallest absolute Gasteiger partial charge is 0.0400 e. The lowest BCUT2D eigenvalue weighted by Crippen LogP contribution is -2.55. The Morgan fingerprint density at radius 2 is 1.73 bits per heavy atom. The number of anilines is 1. The van der Waals surface area contributed by atoms with Gasteiger partial charge in [-0.15, -0.1) is 0 Å². The molecule has 1 aliphatic rings. The number of para-hydroxylation sites is 1. The van der Waals surface area contributed by atoms with Crippen molar-refractivity contribution in [3.8, 4) is 0 Å². The highest BCUT2D eigenvalue weighted by molar-refractivity contribution is 5.56.